The summed E-state index contributed by atoms with van der Waals surface area (Å²) in [5.41, 5.74) is 0. The second-order valence-corrected chi connectivity index (χ2v) is 7.74. The molecule has 1 unspecified atom stereocenters. The Morgan fingerprint density at radius 2 is 2.00 bits per heavy atom. The fourth-order valence-electron chi connectivity index (χ4n) is 3.19. The number of fused-ring (bicyclic) bond motifs is 1. The van der Waals surface area contributed by atoms with Gasteiger partial charge >= 0.3 is 0 Å². The molecule has 1 fully saturated rings. The third-order valence-corrected chi connectivity index (χ3v) is 6.14. The first-order chi connectivity index (χ1) is 10.1. The van der Waals surface area contributed by atoms with E-state index in [0.29, 0.717) is 17.2 Å². The van der Waals surface area contributed by atoms with Crippen molar-refractivity contribution in [2.24, 2.45) is 11.8 Å². The summed E-state index contributed by atoms with van der Waals surface area (Å²) in [7, 11) is -1.56. The highest BCUT2D eigenvalue weighted by molar-refractivity contribution is 7.91. The van der Waals surface area contributed by atoms with Crippen LogP contribution in [0, 0.1) is 11.8 Å². The fourth-order valence-corrected chi connectivity index (χ4v) is 4.58. The molecule has 3 rings (SSSR count). The molecule has 0 saturated carbocycles. The van der Waals surface area contributed by atoms with Crippen LogP contribution in [-0.4, -0.2) is 33.7 Å². The molecular weight excluding hydrogens is 288 g/mol. The SMILES string of the molecule is COC1C[C@H]2[C@@H](CCS(=O)(=O)c3ccccc3)C=C[C@H]2O1. The Balaban J connectivity index is 1.62. The lowest BCUT2D eigenvalue weighted by molar-refractivity contribution is -0.104. The highest BCUT2D eigenvalue weighted by atomic mass is 32.2. The van der Waals surface area contributed by atoms with Crippen LogP contribution in [0.1, 0.15) is 12.8 Å². The van der Waals surface area contributed by atoms with Crippen molar-refractivity contribution in [2.75, 3.05) is 12.9 Å². The van der Waals surface area contributed by atoms with Crippen molar-refractivity contribution in [2.45, 2.75) is 30.1 Å². The molecule has 1 aromatic rings. The molecule has 0 N–H and O–H groups in total. The Hall–Kier alpha value is -1.17. The molecule has 1 heterocycles. The van der Waals surface area contributed by atoms with Gasteiger partial charge in [-0.3, -0.25) is 0 Å². The van der Waals surface area contributed by atoms with E-state index in [4.69, 9.17) is 9.47 Å². The lowest BCUT2D eigenvalue weighted by Crippen LogP contribution is -2.18. The van der Waals surface area contributed by atoms with Gasteiger partial charge in [0.25, 0.3) is 0 Å². The summed E-state index contributed by atoms with van der Waals surface area (Å²) in [5, 5.41) is 0. The van der Waals surface area contributed by atoms with Gasteiger partial charge in [-0.05, 0) is 30.4 Å². The summed E-state index contributed by atoms with van der Waals surface area (Å²) in [5.74, 6) is 0.780. The zero-order chi connectivity index (χ0) is 14.9. The van der Waals surface area contributed by atoms with Crippen LogP contribution < -0.4 is 0 Å². The topological polar surface area (TPSA) is 52.6 Å². The smallest absolute Gasteiger partial charge is 0.178 e. The van der Waals surface area contributed by atoms with Gasteiger partial charge in [0.05, 0.1) is 16.8 Å². The molecule has 0 aromatic heterocycles. The van der Waals surface area contributed by atoms with Crippen LogP contribution in [0.25, 0.3) is 0 Å². The molecule has 1 aromatic carbocycles. The molecule has 4 atom stereocenters. The number of ether oxygens (including phenoxy) is 2. The standard InChI is InChI=1S/C16H20O4S/c1-19-16-11-14-12(7-8-15(14)20-16)9-10-21(17,18)13-5-3-2-4-6-13/h2-8,12,14-16H,9-11H2,1H3/t12-,14+,15-,16?/m1/s1. The number of benzene rings is 1. The second kappa shape index (κ2) is 5.91. The van der Waals surface area contributed by atoms with Crippen molar-refractivity contribution in [3.8, 4) is 0 Å². The molecule has 21 heavy (non-hydrogen) atoms. The first kappa shape index (κ1) is 14.8. The van der Waals surface area contributed by atoms with Crippen LogP contribution in [0.4, 0.5) is 0 Å². The lowest BCUT2D eigenvalue weighted by Gasteiger charge is -2.17. The number of methoxy groups -OCH3 is 1. The van der Waals surface area contributed by atoms with Gasteiger partial charge in [-0.25, -0.2) is 8.42 Å². The van der Waals surface area contributed by atoms with Gasteiger partial charge in [-0.15, -0.1) is 0 Å². The molecule has 1 aliphatic carbocycles. The third-order valence-electron chi connectivity index (χ3n) is 4.38. The number of hydrogen-bond acceptors (Lipinski definition) is 4. The van der Waals surface area contributed by atoms with E-state index in [1.54, 1.807) is 31.4 Å². The van der Waals surface area contributed by atoms with Gasteiger partial charge in [0.2, 0.25) is 0 Å². The third kappa shape index (κ3) is 3.05. The highest BCUT2D eigenvalue weighted by Gasteiger charge is 2.41. The molecule has 1 aliphatic heterocycles. The number of hydrogen-bond donors (Lipinski definition) is 0. The van der Waals surface area contributed by atoms with E-state index in [-0.39, 0.29) is 24.1 Å². The zero-order valence-electron chi connectivity index (χ0n) is 12.0. The molecule has 5 heteroatoms. The minimum Gasteiger partial charge on any atom is -0.356 e. The first-order valence-electron chi connectivity index (χ1n) is 7.24. The summed E-state index contributed by atoms with van der Waals surface area (Å²) in [6, 6.07) is 8.65. The number of sulfone groups is 1. The van der Waals surface area contributed by atoms with E-state index in [1.165, 1.54) is 0 Å². The van der Waals surface area contributed by atoms with Crippen molar-refractivity contribution < 1.29 is 17.9 Å². The molecule has 1 saturated heterocycles. The van der Waals surface area contributed by atoms with Crippen LogP contribution >= 0.6 is 0 Å². The second-order valence-electron chi connectivity index (χ2n) is 5.63. The van der Waals surface area contributed by atoms with Crippen LogP contribution in [-0.2, 0) is 19.3 Å². The molecular formula is C16H20O4S. The van der Waals surface area contributed by atoms with Gasteiger partial charge in [0.15, 0.2) is 16.1 Å². The summed E-state index contributed by atoms with van der Waals surface area (Å²) >= 11 is 0. The number of allylic oxidation sites excluding steroid dienone is 1. The molecule has 114 valence electrons. The van der Waals surface area contributed by atoms with E-state index in [9.17, 15) is 8.42 Å². The Kier molecular flexibility index (Phi) is 4.15. The van der Waals surface area contributed by atoms with Crippen molar-refractivity contribution in [3.05, 3.63) is 42.5 Å². The van der Waals surface area contributed by atoms with Crippen molar-refractivity contribution in [3.63, 3.8) is 0 Å². The van der Waals surface area contributed by atoms with Crippen LogP contribution in [0.15, 0.2) is 47.4 Å². The largest absolute Gasteiger partial charge is 0.356 e. The molecule has 0 radical (unpaired) electrons. The average molecular weight is 308 g/mol. The van der Waals surface area contributed by atoms with Crippen molar-refractivity contribution in [1.82, 2.24) is 0 Å². The monoisotopic (exact) mass is 308 g/mol. The molecule has 0 bridgehead atoms. The van der Waals surface area contributed by atoms with E-state index in [2.05, 4.69) is 6.08 Å². The predicted molar refractivity (Wildman–Crippen MR) is 79.5 cm³/mol. The van der Waals surface area contributed by atoms with Gasteiger partial charge in [0, 0.05) is 13.5 Å². The van der Waals surface area contributed by atoms with E-state index < -0.39 is 9.84 Å². The predicted octanol–water partition coefficient (Wildman–Crippen LogP) is 2.41. The Labute approximate surface area is 125 Å². The summed E-state index contributed by atoms with van der Waals surface area (Å²) in [6.45, 7) is 0. The van der Waals surface area contributed by atoms with Crippen molar-refractivity contribution >= 4 is 9.84 Å². The van der Waals surface area contributed by atoms with Crippen LogP contribution in [0.3, 0.4) is 0 Å². The zero-order valence-corrected chi connectivity index (χ0v) is 12.8. The average Bonchev–Trinajstić information content (AvgIpc) is 3.06. The summed E-state index contributed by atoms with van der Waals surface area (Å²) in [4.78, 5) is 0.404. The number of rotatable bonds is 5. The van der Waals surface area contributed by atoms with E-state index in [0.717, 1.165) is 6.42 Å². The van der Waals surface area contributed by atoms with Gasteiger partial charge in [-0.1, -0.05) is 30.4 Å². The Morgan fingerprint density at radius 3 is 2.71 bits per heavy atom. The maximum Gasteiger partial charge on any atom is 0.178 e. The fraction of sp³-hybridized carbons (Fsp3) is 0.500. The molecule has 0 spiro atoms. The summed E-state index contributed by atoms with van der Waals surface area (Å²) < 4.78 is 35.6. The molecule has 2 aliphatic rings. The van der Waals surface area contributed by atoms with Crippen molar-refractivity contribution in [1.29, 1.82) is 0 Å². The molecule has 4 nitrogen and oxygen atoms in total. The quantitative estimate of drug-likeness (QED) is 0.784. The highest BCUT2D eigenvalue weighted by Crippen LogP contribution is 2.40. The molecule has 0 amide bonds. The minimum atomic E-state index is -3.20. The maximum atomic E-state index is 12.3. The summed E-state index contributed by atoms with van der Waals surface area (Å²) in [6.07, 6.45) is 5.54. The minimum absolute atomic E-state index is 0.0828. The van der Waals surface area contributed by atoms with E-state index in [1.807, 2.05) is 12.1 Å². The van der Waals surface area contributed by atoms with E-state index >= 15 is 0 Å². The van der Waals surface area contributed by atoms with Gasteiger partial charge in [-0.2, -0.15) is 0 Å². The Morgan fingerprint density at radius 1 is 1.24 bits per heavy atom. The van der Waals surface area contributed by atoms with Gasteiger partial charge in [0.1, 0.15) is 0 Å². The van der Waals surface area contributed by atoms with Crippen LogP contribution in [0.5, 0.6) is 0 Å². The maximum absolute atomic E-state index is 12.3. The lowest BCUT2D eigenvalue weighted by atomic mass is 9.90. The van der Waals surface area contributed by atoms with Crippen LogP contribution in [0.2, 0.25) is 0 Å². The normalized spacial score (nSPS) is 31.5. The van der Waals surface area contributed by atoms with Gasteiger partial charge < -0.3 is 9.47 Å². The first-order valence-corrected chi connectivity index (χ1v) is 8.90. The Bertz CT molecular complexity index is 608.